The van der Waals surface area contributed by atoms with Crippen LogP contribution in [0.2, 0.25) is 0 Å². The molecular weight excluding hydrogens is 181 g/mol. The lowest BCUT2D eigenvalue weighted by Gasteiger charge is -2.10. The van der Waals surface area contributed by atoms with E-state index in [1.807, 2.05) is 6.92 Å². The monoisotopic (exact) mass is 197 g/mol. The Bertz CT molecular complexity index is 211. The number of rotatable bonds is 0. The lowest BCUT2D eigenvalue weighted by Crippen LogP contribution is -2.30. The summed E-state index contributed by atoms with van der Waals surface area (Å²) in [6.45, 7) is 5.76. The first-order valence-corrected chi connectivity index (χ1v) is 4.79. The molecule has 1 heterocycles. The van der Waals surface area contributed by atoms with Gasteiger partial charge in [0.1, 0.15) is 5.82 Å². The molecule has 2 rings (SSSR count). The van der Waals surface area contributed by atoms with E-state index >= 15 is 0 Å². The lowest BCUT2D eigenvalue weighted by molar-refractivity contribution is 0.109. The smallest absolute Gasteiger partial charge is 0.123 e. The summed E-state index contributed by atoms with van der Waals surface area (Å²) < 4.78 is 17.1. The fraction of sp³-hybridized carbons (Fsp3) is 0.455. The normalized spacial score (nSPS) is 15.6. The molecule has 0 amide bonds. The van der Waals surface area contributed by atoms with E-state index in [1.54, 1.807) is 12.1 Å². The minimum absolute atomic E-state index is 0.171. The van der Waals surface area contributed by atoms with E-state index in [-0.39, 0.29) is 5.82 Å². The molecule has 0 unspecified atom stereocenters. The molecule has 2 nitrogen and oxygen atoms in total. The second-order valence-corrected chi connectivity index (χ2v) is 3.16. The summed E-state index contributed by atoms with van der Waals surface area (Å²) in [7, 11) is 0. The zero-order valence-electron chi connectivity index (χ0n) is 8.42. The first-order chi connectivity index (χ1) is 6.79. The van der Waals surface area contributed by atoms with Gasteiger partial charge >= 0.3 is 0 Å². The fourth-order valence-electron chi connectivity index (χ4n) is 1.05. The van der Waals surface area contributed by atoms with Crippen molar-refractivity contribution < 1.29 is 9.13 Å². The molecule has 0 spiro atoms. The molecule has 1 aromatic carbocycles. The van der Waals surface area contributed by atoms with Gasteiger partial charge in [0.05, 0.1) is 13.2 Å². The Kier molecular flexibility index (Phi) is 5.19. The number of hydrogen-bond donors (Lipinski definition) is 1. The van der Waals surface area contributed by atoms with Gasteiger partial charge in [0.25, 0.3) is 0 Å². The second-order valence-electron chi connectivity index (χ2n) is 3.16. The Hall–Kier alpha value is -0.930. The van der Waals surface area contributed by atoms with Crippen molar-refractivity contribution in [1.29, 1.82) is 0 Å². The third-order valence-electron chi connectivity index (χ3n) is 1.86. The second kappa shape index (κ2) is 6.51. The van der Waals surface area contributed by atoms with Gasteiger partial charge in [-0.05, 0) is 19.1 Å². The number of ether oxygens (including phenoxy) is 1. The highest BCUT2D eigenvalue weighted by Gasteiger charge is 1.92. The van der Waals surface area contributed by atoms with Crippen LogP contribution in [-0.2, 0) is 4.74 Å². The number of nitrogens with one attached hydrogen (secondary N) is 1. The Morgan fingerprint density at radius 3 is 2.00 bits per heavy atom. The van der Waals surface area contributed by atoms with Gasteiger partial charge < -0.3 is 10.1 Å². The summed E-state index contributed by atoms with van der Waals surface area (Å²) in [5.41, 5.74) is 1.09. The van der Waals surface area contributed by atoms with Crippen LogP contribution in [0.25, 0.3) is 0 Å². The topological polar surface area (TPSA) is 21.3 Å². The fourth-order valence-corrected chi connectivity index (χ4v) is 1.05. The maximum atomic E-state index is 12.1. The van der Waals surface area contributed by atoms with Crippen molar-refractivity contribution in [2.75, 3.05) is 26.3 Å². The van der Waals surface area contributed by atoms with Gasteiger partial charge in [0.15, 0.2) is 0 Å². The van der Waals surface area contributed by atoms with Crippen molar-refractivity contribution in [3.63, 3.8) is 0 Å². The molecule has 78 valence electrons. The van der Waals surface area contributed by atoms with Gasteiger partial charge in [-0.15, -0.1) is 0 Å². The first kappa shape index (κ1) is 11.1. The maximum absolute atomic E-state index is 12.1. The van der Waals surface area contributed by atoms with Gasteiger partial charge in [-0.25, -0.2) is 4.39 Å². The standard InChI is InChI=1S/C7H7F.C4H9NO/c1-6-2-4-7(8)5-3-6;1-3-6-4-2-5-1/h2-5H,1H3;5H,1-4H2. The highest BCUT2D eigenvalue weighted by molar-refractivity contribution is 5.13. The van der Waals surface area contributed by atoms with Crippen molar-refractivity contribution >= 4 is 0 Å². The van der Waals surface area contributed by atoms with Crippen LogP contribution in [0.15, 0.2) is 24.3 Å². The summed E-state index contributed by atoms with van der Waals surface area (Å²) in [6, 6.07) is 6.40. The van der Waals surface area contributed by atoms with E-state index in [4.69, 9.17) is 4.74 Å². The molecule has 3 heteroatoms. The van der Waals surface area contributed by atoms with Crippen LogP contribution in [0.3, 0.4) is 0 Å². The van der Waals surface area contributed by atoms with E-state index in [0.717, 1.165) is 31.9 Å². The number of halogens is 1. The van der Waals surface area contributed by atoms with Gasteiger partial charge in [-0.3, -0.25) is 0 Å². The van der Waals surface area contributed by atoms with E-state index < -0.39 is 0 Å². The van der Waals surface area contributed by atoms with Crippen LogP contribution in [0.5, 0.6) is 0 Å². The van der Waals surface area contributed by atoms with Gasteiger partial charge in [0.2, 0.25) is 0 Å². The maximum Gasteiger partial charge on any atom is 0.123 e. The molecule has 1 saturated heterocycles. The number of hydrogen-bond acceptors (Lipinski definition) is 2. The number of benzene rings is 1. The van der Waals surface area contributed by atoms with Crippen LogP contribution in [0.1, 0.15) is 5.56 Å². The van der Waals surface area contributed by atoms with Gasteiger partial charge in [-0.2, -0.15) is 0 Å². The highest BCUT2D eigenvalue weighted by Crippen LogP contribution is 1.98. The Morgan fingerprint density at radius 1 is 1.14 bits per heavy atom. The van der Waals surface area contributed by atoms with Crippen LogP contribution in [0, 0.1) is 12.7 Å². The minimum Gasteiger partial charge on any atom is -0.379 e. The van der Waals surface area contributed by atoms with Crippen molar-refractivity contribution in [2.24, 2.45) is 0 Å². The summed E-state index contributed by atoms with van der Waals surface area (Å²) >= 11 is 0. The summed E-state index contributed by atoms with van der Waals surface area (Å²) in [5, 5.41) is 3.16. The average molecular weight is 197 g/mol. The summed E-state index contributed by atoms with van der Waals surface area (Å²) in [6.07, 6.45) is 0. The zero-order valence-corrected chi connectivity index (χ0v) is 8.42. The molecule has 1 N–H and O–H groups in total. The third kappa shape index (κ3) is 4.94. The predicted molar refractivity (Wildman–Crippen MR) is 54.8 cm³/mol. The van der Waals surface area contributed by atoms with E-state index in [2.05, 4.69) is 5.32 Å². The molecule has 0 bridgehead atoms. The van der Waals surface area contributed by atoms with Crippen molar-refractivity contribution in [2.45, 2.75) is 6.92 Å². The molecule has 1 aromatic rings. The highest BCUT2D eigenvalue weighted by atomic mass is 19.1. The molecule has 0 aliphatic carbocycles. The molecule has 0 aromatic heterocycles. The van der Waals surface area contributed by atoms with Crippen LogP contribution in [0.4, 0.5) is 4.39 Å². The van der Waals surface area contributed by atoms with E-state index in [1.165, 1.54) is 12.1 Å². The van der Waals surface area contributed by atoms with Crippen molar-refractivity contribution in [3.05, 3.63) is 35.6 Å². The molecule has 0 radical (unpaired) electrons. The molecule has 1 aliphatic rings. The SMILES string of the molecule is C1COCCN1.Cc1ccc(F)cc1. The Morgan fingerprint density at radius 2 is 1.71 bits per heavy atom. The van der Waals surface area contributed by atoms with Gasteiger partial charge in [0, 0.05) is 13.1 Å². The van der Waals surface area contributed by atoms with Crippen LogP contribution < -0.4 is 5.32 Å². The predicted octanol–water partition coefficient (Wildman–Crippen LogP) is 1.74. The van der Waals surface area contributed by atoms with Crippen LogP contribution in [-0.4, -0.2) is 26.3 Å². The lowest BCUT2D eigenvalue weighted by atomic mass is 10.2. The third-order valence-corrected chi connectivity index (χ3v) is 1.86. The average Bonchev–Trinajstić information content (AvgIpc) is 2.26. The van der Waals surface area contributed by atoms with E-state index in [0.29, 0.717) is 0 Å². The van der Waals surface area contributed by atoms with Crippen LogP contribution >= 0.6 is 0 Å². The van der Waals surface area contributed by atoms with E-state index in [9.17, 15) is 4.39 Å². The number of aryl methyl sites for hydroxylation is 1. The molecular formula is C11H16FNO. The quantitative estimate of drug-likeness (QED) is 0.684. The van der Waals surface area contributed by atoms with Crippen molar-refractivity contribution in [1.82, 2.24) is 5.32 Å². The molecule has 1 aliphatic heterocycles. The van der Waals surface area contributed by atoms with Gasteiger partial charge in [-0.1, -0.05) is 17.7 Å². The Balaban J connectivity index is 0.000000146. The molecule has 1 fully saturated rings. The number of morpholine rings is 1. The minimum atomic E-state index is -0.171. The summed E-state index contributed by atoms with van der Waals surface area (Å²) in [4.78, 5) is 0. The molecule has 0 saturated carbocycles. The molecule has 14 heavy (non-hydrogen) atoms. The van der Waals surface area contributed by atoms with Crippen molar-refractivity contribution in [3.8, 4) is 0 Å². The Labute approximate surface area is 84.1 Å². The molecule has 0 atom stereocenters. The summed E-state index contributed by atoms with van der Waals surface area (Å²) in [5.74, 6) is -0.171. The first-order valence-electron chi connectivity index (χ1n) is 4.79. The zero-order chi connectivity index (χ0) is 10.2. The largest absolute Gasteiger partial charge is 0.379 e.